The third-order valence-corrected chi connectivity index (χ3v) is 4.19. The van der Waals surface area contributed by atoms with E-state index in [1.807, 2.05) is 6.07 Å². The van der Waals surface area contributed by atoms with Gasteiger partial charge in [0.2, 0.25) is 0 Å². The lowest BCUT2D eigenvalue weighted by Crippen LogP contribution is -2.37. The third-order valence-electron chi connectivity index (χ3n) is 4.19. The molecule has 1 aromatic carbocycles. The van der Waals surface area contributed by atoms with Crippen LogP contribution in [0.4, 0.5) is 5.69 Å². The quantitative estimate of drug-likeness (QED) is 0.828. The van der Waals surface area contributed by atoms with Crippen LogP contribution in [-0.4, -0.2) is 12.6 Å². The Morgan fingerprint density at radius 1 is 1.21 bits per heavy atom. The van der Waals surface area contributed by atoms with Gasteiger partial charge in [-0.05, 0) is 43.2 Å². The van der Waals surface area contributed by atoms with Gasteiger partial charge in [0.1, 0.15) is 5.75 Å². The van der Waals surface area contributed by atoms with Gasteiger partial charge in [0, 0.05) is 17.8 Å². The van der Waals surface area contributed by atoms with E-state index >= 15 is 0 Å². The van der Waals surface area contributed by atoms with Crippen LogP contribution in [0.15, 0.2) is 24.3 Å². The summed E-state index contributed by atoms with van der Waals surface area (Å²) in [6, 6.07) is 8.98. The first kappa shape index (κ1) is 14.2. The van der Waals surface area contributed by atoms with Crippen LogP contribution < -0.4 is 10.1 Å². The van der Waals surface area contributed by atoms with Gasteiger partial charge in [0.25, 0.3) is 0 Å². The smallest absolute Gasteiger partial charge is 0.121 e. The van der Waals surface area contributed by atoms with Crippen molar-refractivity contribution in [3.05, 3.63) is 24.3 Å². The number of anilines is 1. The zero-order valence-corrected chi connectivity index (χ0v) is 12.5. The molecule has 1 aromatic rings. The van der Waals surface area contributed by atoms with E-state index in [1.54, 1.807) is 0 Å². The molecular formula is C17H27NO. The number of nitrogens with one attached hydrogen (secondary N) is 1. The Kier molecular flexibility index (Phi) is 5.12. The maximum atomic E-state index is 5.70. The summed E-state index contributed by atoms with van der Waals surface area (Å²) in [5.74, 6) is 2.48. The van der Waals surface area contributed by atoms with E-state index < -0.39 is 0 Å². The summed E-state index contributed by atoms with van der Waals surface area (Å²) in [6.07, 6.45) is 5.11. The Morgan fingerprint density at radius 2 is 1.95 bits per heavy atom. The molecule has 0 heterocycles. The van der Waals surface area contributed by atoms with E-state index in [2.05, 4.69) is 44.3 Å². The first-order chi connectivity index (χ1) is 9.20. The van der Waals surface area contributed by atoms with Crippen molar-refractivity contribution in [3.8, 4) is 5.75 Å². The van der Waals surface area contributed by atoms with Crippen LogP contribution in [0.1, 0.15) is 46.5 Å². The highest BCUT2D eigenvalue weighted by Gasteiger charge is 2.27. The van der Waals surface area contributed by atoms with Crippen molar-refractivity contribution < 1.29 is 4.74 Å². The predicted molar refractivity (Wildman–Crippen MR) is 81.8 cm³/mol. The molecule has 2 atom stereocenters. The maximum Gasteiger partial charge on any atom is 0.121 e. The van der Waals surface area contributed by atoms with Crippen molar-refractivity contribution in [1.29, 1.82) is 0 Å². The molecule has 2 heteroatoms. The molecule has 0 bridgehead atoms. The lowest BCUT2D eigenvalue weighted by molar-refractivity contribution is 0.268. The average molecular weight is 261 g/mol. The summed E-state index contributed by atoms with van der Waals surface area (Å²) < 4.78 is 5.70. The van der Waals surface area contributed by atoms with Crippen molar-refractivity contribution >= 4 is 5.69 Å². The van der Waals surface area contributed by atoms with E-state index in [-0.39, 0.29) is 0 Å². The van der Waals surface area contributed by atoms with Crippen molar-refractivity contribution in [2.24, 2.45) is 11.8 Å². The predicted octanol–water partition coefficient (Wildman–Crippen LogP) is 4.71. The second kappa shape index (κ2) is 6.83. The Labute approximate surface area is 117 Å². The van der Waals surface area contributed by atoms with Crippen molar-refractivity contribution in [1.82, 2.24) is 0 Å². The summed E-state index contributed by atoms with van der Waals surface area (Å²) in [5, 5.41) is 3.72. The molecule has 0 aromatic heterocycles. The van der Waals surface area contributed by atoms with Crippen LogP contribution in [-0.2, 0) is 0 Å². The van der Waals surface area contributed by atoms with Crippen LogP contribution >= 0.6 is 0 Å². The van der Waals surface area contributed by atoms with Crippen LogP contribution in [0.5, 0.6) is 5.75 Å². The van der Waals surface area contributed by atoms with Gasteiger partial charge in [-0.1, -0.05) is 33.3 Å². The molecule has 0 amide bonds. The van der Waals surface area contributed by atoms with E-state index in [4.69, 9.17) is 4.74 Å². The second-order valence-electron chi connectivity index (χ2n) is 5.93. The molecule has 0 aliphatic heterocycles. The topological polar surface area (TPSA) is 21.3 Å². The largest absolute Gasteiger partial charge is 0.494 e. The first-order valence-corrected chi connectivity index (χ1v) is 7.70. The summed E-state index contributed by atoms with van der Waals surface area (Å²) in [6.45, 7) is 7.66. The highest BCUT2D eigenvalue weighted by atomic mass is 16.5. The fourth-order valence-electron chi connectivity index (χ4n) is 3.05. The molecule has 1 saturated carbocycles. The van der Waals surface area contributed by atoms with Gasteiger partial charge in [-0.15, -0.1) is 0 Å². The summed E-state index contributed by atoms with van der Waals surface area (Å²) in [7, 11) is 0. The Morgan fingerprint density at radius 3 is 2.63 bits per heavy atom. The Bertz CT molecular complexity index is 381. The third kappa shape index (κ3) is 3.89. The molecule has 0 saturated heterocycles. The lowest BCUT2D eigenvalue weighted by atomic mass is 9.78. The van der Waals surface area contributed by atoms with Crippen LogP contribution in [0.2, 0.25) is 0 Å². The molecule has 2 nitrogen and oxygen atoms in total. The maximum absolute atomic E-state index is 5.70. The van der Waals surface area contributed by atoms with Gasteiger partial charge in [-0.25, -0.2) is 0 Å². The van der Waals surface area contributed by atoms with Crippen molar-refractivity contribution in [3.63, 3.8) is 0 Å². The van der Waals surface area contributed by atoms with Crippen molar-refractivity contribution in [2.75, 3.05) is 11.9 Å². The van der Waals surface area contributed by atoms with Gasteiger partial charge >= 0.3 is 0 Å². The van der Waals surface area contributed by atoms with Gasteiger partial charge in [-0.2, -0.15) is 0 Å². The normalized spacial score (nSPS) is 27.0. The minimum atomic E-state index is 0.593. The van der Waals surface area contributed by atoms with Crippen LogP contribution in [0, 0.1) is 11.8 Å². The highest BCUT2D eigenvalue weighted by Crippen LogP contribution is 2.31. The van der Waals surface area contributed by atoms with Crippen LogP contribution in [0.25, 0.3) is 0 Å². The number of ether oxygens (including phenoxy) is 1. The Balaban J connectivity index is 2.01. The molecule has 0 radical (unpaired) electrons. The average Bonchev–Trinajstić information content (AvgIpc) is 2.41. The molecule has 2 unspecified atom stereocenters. The van der Waals surface area contributed by atoms with Crippen molar-refractivity contribution in [2.45, 2.75) is 52.5 Å². The van der Waals surface area contributed by atoms with Gasteiger partial charge in [-0.3, -0.25) is 0 Å². The zero-order chi connectivity index (χ0) is 13.7. The minimum absolute atomic E-state index is 0.593. The second-order valence-corrected chi connectivity index (χ2v) is 5.93. The van der Waals surface area contributed by atoms with Gasteiger partial charge < -0.3 is 10.1 Å². The molecule has 1 fully saturated rings. The number of rotatable bonds is 5. The van der Waals surface area contributed by atoms with E-state index in [0.29, 0.717) is 6.04 Å². The van der Waals surface area contributed by atoms with Gasteiger partial charge in [0.05, 0.1) is 6.61 Å². The monoisotopic (exact) mass is 261 g/mol. The summed E-state index contributed by atoms with van der Waals surface area (Å²) >= 11 is 0. The number of hydrogen-bond acceptors (Lipinski definition) is 2. The molecule has 106 valence electrons. The van der Waals surface area contributed by atoms with Gasteiger partial charge in [0.15, 0.2) is 0 Å². The lowest BCUT2D eigenvalue weighted by Gasteiger charge is -2.36. The summed E-state index contributed by atoms with van der Waals surface area (Å²) in [4.78, 5) is 0. The number of hydrogen-bond donors (Lipinski definition) is 1. The molecule has 1 aliphatic carbocycles. The molecule has 19 heavy (non-hydrogen) atoms. The highest BCUT2D eigenvalue weighted by molar-refractivity contribution is 5.49. The summed E-state index contributed by atoms with van der Waals surface area (Å²) in [5.41, 5.74) is 1.19. The standard InChI is InChI=1S/C17H27NO/c1-4-11-19-16-10-6-9-15(12-16)18-17-13(2)7-5-8-14(17)3/h6,9-10,12-14,17-18H,4-5,7-8,11H2,1-3H3. The van der Waals surface area contributed by atoms with E-state index in [9.17, 15) is 0 Å². The zero-order valence-electron chi connectivity index (χ0n) is 12.5. The SMILES string of the molecule is CCCOc1cccc(NC2C(C)CCCC2C)c1. The fourth-order valence-corrected chi connectivity index (χ4v) is 3.05. The Hall–Kier alpha value is -1.18. The van der Waals surface area contributed by atoms with Crippen LogP contribution in [0.3, 0.4) is 0 Å². The fraction of sp³-hybridized carbons (Fsp3) is 0.647. The first-order valence-electron chi connectivity index (χ1n) is 7.70. The number of benzene rings is 1. The molecule has 0 spiro atoms. The molecular weight excluding hydrogens is 234 g/mol. The molecule has 2 rings (SSSR count). The minimum Gasteiger partial charge on any atom is -0.494 e. The van der Waals surface area contributed by atoms with E-state index in [0.717, 1.165) is 30.6 Å². The molecule has 1 aliphatic rings. The molecule has 1 N–H and O–H groups in total. The van der Waals surface area contributed by atoms with E-state index in [1.165, 1.54) is 24.9 Å².